The molecule has 0 saturated heterocycles. The van der Waals surface area contributed by atoms with Crippen molar-refractivity contribution in [3.05, 3.63) is 58.7 Å². The molecule has 0 aromatic heterocycles. The quantitative estimate of drug-likeness (QED) is 0.220. The Morgan fingerprint density at radius 1 is 1.06 bits per heavy atom. The molecular formula is C28H36O5S. The zero-order valence-electron chi connectivity index (χ0n) is 20.9. The highest BCUT2D eigenvalue weighted by Gasteiger charge is 2.41. The number of esters is 1. The average Bonchev–Trinajstić information content (AvgIpc) is 2.98. The molecule has 34 heavy (non-hydrogen) atoms. The molecule has 0 unspecified atom stereocenters. The summed E-state index contributed by atoms with van der Waals surface area (Å²) in [6.07, 6.45) is 7.64. The molecule has 0 aliphatic carbocycles. The minimum Gasteiger partial charge on any atom is -0.493 e. The van der Waals surface area contributed by atoms with Gasteiger partial charge in [-0.2, -0.15) is 0 Å². The Morgan fingerprint density at radius 2 is 1.74 bits per heavy atom. The normalized spacial score (nSPS) is 16.2. The Kier molecular flexibility index (Phi) is 8.24. The molecule has 0 N–H and O–H groups in total. The predicted octanol–water partition coefficient (Wildman–Crippen LogP) is 6.45. The van der Waals surface area contributed by atoms with Crippen molar-refractivity contribution in [3.63, 3.8) is 0 Å². The molecule has 1 aliphatic rings. The highest BCUT2D eigenvalue weighted by atomic mass is 32.2. The van der Waals surface area contributed by atoms with E-state index in [1.54, 1.807) is 18.2 Å². The standard InChI is InChI=1S/C28H36O5S/c1-6-7-8-9-10-15-33-25-18-26-24(28(3,4)19-34(26,30)31)17-23(25)20(2)16-21-11-13-22(14-12-21)27(29)32-5/h11-14,16-18H,6-10,15,19H2,1-5H3. The number of carbonyl (C=O) groups is 1. The fourth-order valence-electron chi connectivity index (χ4n) is 4.45. The lowest BCUT2D eigenvalue weighted by Gasteiger charge is -2.20. The first-order valence-corrected chi connectivity index (χ1v) is 13.7. The predicted molar refractivity (Wildman–Crippen MR) is 137 cm³/mol. The molecule has 3 rings (SSSR count). The number of unbranched alkanes of at least 4 members (excludes halogenated alkanes) is 4. The second-order valence-electron chi connectivity index (χ2n) is 9.69. The molecule has 2 aromatic rings. The van der Waals surface area contributed by atoms with Crippen molar-refractivity contribution in [2.24, 2.45) is 0 Å². The van der Waals surface area contributed by atoms with Gasteiger partial charge in [-0.25, -0.2) is 13.2 Å². The number of hydrogen-bond donors (Lipinski definition) is 0. The molecule has 0 amide bonds. The van der Waals surface area contributed by atoms with Crippen molar-refractivity contribution in [1.29, 1.82) is 0 Å². The number of carbonyl (C=O) groups excluding carboxylic acids is 1. The maximum atomic E-state index is 12.8. The van der Waals surface area contributed by atoms with E-state index < -0.39 is 15.3 Å². The molecule has 6 heteroatoms. The highest BCUT2D eigenvalue weighted by Crippen LogP contribution is 2.44. The van der Waals surface area contributed by atoms with Crippen molar-refractivity contribution >= 4 is 27.5 Å². The van der Waals surface area contributed by atoms with Crippen LogP contribution in [0, 0.1) is 0 Å². The molecule has 184 valence electrons. The van der Waals surface area contributed by atoms with Gasteiger partial charge in [0.2, 0.25) is 0 Å². The molecule has 0 saturated carbocycles. The summed E-state index contributed by atoms with van der Waals surface area (Å²) in [5, 5.41) is 0. The Morgan fingerprint density at radius 3 is 2.38 bits per heavy atom. The first-order valence-electron chi connectivity index (χ1n) is 12.0. The van der Waals surface area contributed by atoms with Gasteiger partial charge in [0.1, 0.15) is 5.75 Å². The van der Waals surface area contributed by atoms with E-state index >= 15 is 0 Å². The van der Waals surface area contributed by atoms with E-state index in [1.807, 2.05) is 45.0 Å². The van der Waals surface area contributed by atoms with Crippen LogP contribution in [-0.4, -0.2) is 33.9 Å². The summed E-state index contributed by atoms with van der Waals surface area (Å²) in [4.78, 5) is 12.1. The molecule has 0 fully saturated rings. The Hall–Kier alpha value is -2.60. The summed E-state index contributed by atoms with van der Waals surface area (Å²) in [7, 11) is -1.98. The number of methoxy groups -OCH3 is 1. The number of hydrogen-bond acceptors (Lipinski definition) is 5. The van der Waals surface area contributed by atoms with Gasteiger partial charge in [-0.3, -0.25) is 0 Å². The summed E-state index contributed by atoms with van der Waals surface area (Å²) < 4.78 is 36.6. The number of benzene rings is 2. The van der Waals surface area contributed by atoms with Gasteiger partial charge in [-0.15, -0.1) is 0 Å². The second-order valence-corrected chi connectivity index (χ2v) is 11.6. The second kappa shape index (κ2) is 10.8. The minimum atomic E-state index is -3.34. The topological polar surface area (TPSA) is 69.7 Å². The molecule has 0 radical (unpaired) electrons. The van der Waals surface area contributed by atoms with Crippen molar-refractivity contribution in [1.82, 2.24) is 0 Å². The van der Waals surface area contributed by atoms with Crippen LogP contribution in [0.3, 0.4) is 0 Å². The van der Waals surface area contributed by atoms with E-state index in [0.29, 0.717) is 22.8 Å². The van der Waals surface area contributed by atoms with Crippen molar-refractivity contribution < 1.29 is 22.7 Å². The average molecular weight is 485 g/mol. The molecule has 5 nitrogen and oxygen atoms in total. The number of allylic oxidation sites excluding steroid dienone is 1. The lowest BCUT2D eigenvalue weighted by molar-refractivity contribution is 0.0600. The van der Waals surface area contributed by atoms with Gasteiger partial charge in [0, 0.05) is 11.0 Å². The van der Waals surface area contributed by atoms with Crippen LogP contribution in [0.15, 0.2) is 41.3 Å². The Labute approximate surface area is 204 Å². The SMILES string of the molecule is CCCCCCCOc1cc2c(cc1C(C)=Cc1ccc(C(=O)OC)cc1)C(C)(C)CS2(=O)=O. The fourth-order valence-corrected chi connectivity index (χ4v) is 6.67. The van der Waals surface area contributed by atoms with Crippen LogP contribution < -0.4 is 4.74 Å². The largest absolute Gasteiger partial charge is 0.493 e. The molecular weight excluding hydrogens is 448 g/mol. The van der Waals surface area contributed by atoms with E-state index in [1.165, 1.54) is 26.4 Å². The van der Waals surface area contributed by atoms with E-state index in [2.05, 4.69) is 6.92 Å². The van der Waals surface area contributed by atoms with Gasteiger partial charge in [-0.05, 0) is 54.3 Å². The van der Waals surface area contributed by atoms with Gasteiger partial charge >= 0.3 is 5.97 Å². The molecule has 1 aliphatic heterocycles. The van der Waals surface area contributed by atoms with Gasteiger partial charge < -0.3 is 9.47 Å². The van der Waals surface area contributed by atoms with Gasteiger partial charge in [0.15, 0.2) is 9.84 Å². The van der Waals surface area contributed by atoms with E-state index in [9.17, 15) is 13.2 Å². The van der Waals surface area contributed by atoms with Crippen LogP contribution in [0.2, 0.25) is 0 Å². The maximum Gasteiger partial charge on any atom is 0.337 e. The summed E-state index contributed by atoms with van der Waals surface area (Å²) in [6, 6.07) is 10.9. The fraction of sp³-hybridized carbons (Fsp3) is 0.464. The van der Waals surface area contributed by atoms with Crippen LogP contribution in [0.1, 0.15) is 86.8 Å². The molecule has 0 atom stereocenters. The number of sulfone groups is 1. The van der Waals surface area contributed by atoms with Crippen LogP contribution >= 0.6 is 0 Å². The molecule has 0 spiro atoms. The minimum absolute atomic E-state index is 0.104. The smallest absolute Gasteiger partial charge is 0.337 e. The summed E-state index contributed by atoms with van der Waals surface area (Å²) in [5.41, 5.74) is 3.68. The van der Waals surface area contributed by atoms with E-state index in [-0.39, 0.29) is 11.7 Å². The van der Waals surface area contributed by atoms with Crippen molar-refractivity contribution in [2.45, 2.75) is 70.1 Å². The first-order chi connectivity index (χ1) is 16.1. The van der Waals surface area contributed by atoms with Gasteiger partial charge in [0.25, 0.3) is 0 Å². The first kappa shape index (κ1) is 26.0. The summed E-state index contributed by atoms with van der Waals surface area (Å²) in [5.74, 6) is 0.340. The number of ether oxygens (including phenoxy) is 2. The zero-order chi connectivity index (χ0) is 24.9. The molecule has 2 aromatic carbocycles. The number of rotatable bonds is 10. The lowest BCUT2D eigenvalue weighted by Crippen LogP contribution is -2.19. The van der Waals surface area contributed by atoms with Crippen molar-refractivity contribution in [3.8, 4) is 5.75 Å². The van der Waals surface area contributed by atoms with Crippen LogP contribution in [0.5, 0.6) is 5.75 Å². The monoisotopic (exact) mass is 484 g/mol. The van der Waals surface area contributed by atoms with E-state index in [0.717, 1.165) is 35.1 Å². The molecule has 0 bridgehead atoms. The van der Waals surface area contributed by atoms with Gasteiger partial charge in [-0.1, -0.05) is 64.7 Å². The maximum absolute atomic E-state index is 12.8. The third-order valence-corrected chi connectivity index (χ3v) is 8.45. The highest BCUT2D eigenvalue weighted by molar-refractivity contribution is 7.91. The van der Waals surface area contributed by atoms with Gasteiger partial charge in [0.05, 0.1) is 29.9 Å². The summed E-state index contributed by atoms with van der Waals surface area (Å²) in [6.45, 7) is 8.69. The lowest BCUT2D eigenvalue weighted by atomic mass is 9.85. The van der Waals surface area contributed by atoms with Crippen LogP contribution in [0.25, 0.3) is 11.6 Å². The Bertz CT molecular complexity index is 1160. The third-order valence-electron chi connectivity index (χ3n) is 6.34. The van der Waals surface area contributed by atoms with Crippen molar-refractivity contribution in [2.75, 3.05) is 19.5 Å². The third kappa shape index (κ3) is 5.90. The number of fused-ring (bicyclic) bond motifs is 1. The van der Waals surface area contributed by atoms with Crippen LogP contribution in [-0.2, 0) is 20.0 Å². The van der Waals surface area contributed by atoms with Crippen LogP contribution in [0.4, 0.5) is 0 Å². The summed E-state index contributed by atoms with van der Waals surface area (Å²) >= 11 is 0. The Balaban J connectivity index is 1.95. The zero-order valence-corrected chi connectivity index (χ0v) is 21.8. The van der Waals surface area contributed by atoms with E-state index in [4.69, 9.17) is 9.47 Å². The molecule has 1 heterocycles.